The lowest BCUT2D eigenvalue weighted by Gasteiger charge is -2.18. The molecule has 0 aliphatic carbocycles. The van der Waals surface area contributed by atoms with E-state index >= 15 is 0 Å². The van der Waals surface area contributed by atoms with Crippen molar-refractivity contribution >= 4 is 38.9 Å². The summed E-state index contributed by atoms with van der Waals surface area (Å²) >= 11 is 10.5. The monoisotopic (exact) mass is 383 g/mol. The first-order chi connectivity index (χ1) is 9.45. The molecule has 1 heterocycles. The molecule has 0 aliphatic heterocycles. The lowest BCUT2D eigenvalue weighted by Crippen LogP contribution is -2.22. The lowest BCUT2D eigenvalue weighted by molar-refractivity contribution is 0.434. The fraction of sp³-hybridized carbons (Fsp3) is 0.231. The van der Waals surface area contributed by atoms with Gasteiger partial charge in [-0.15, -0.1) is 11.3 Å². The molecule has 0 saturated heterocycles. The highest BCUT2D eigenvalue weighted by Crippen LogP contribution is 2.38. The van der Waals surface area contributed by atoms with E-state index in [2.05, 4.69) is 21.2 Å². The average molecular weight is 385 g/mol. The van der Waals surface area contributed by atoms with Gasteiger partial charge in [0.15, 0.2) is 17.5 Å². The van der Waals surface area contributed by atoms with Gasteiger partial charge in [0.25, 0.3) is 0 Å². The quantitative estimate of drug-likeness (QED) is 0.707. The van der Waals surface area contributed by atoms with Crippen LogP contribution in [0.25, 0.3) is 0 Å². The molecule has 0 fully saturated rings. The van der Waals surface area contributed by atoms with Crippen LogP contribution >= 0.6 is 38.9 Å². The van der Waals surface area contributed by atoms with Crippen LogP contribution < -0.4 is 5.32 Å². The van der Waals surface area contributed by atoms with Crippen molar-refractivity contribution in [3.8, 4) is 0 Å². The van der Waals surface area contributed by atoms with E-state index in [1.807, 2.05) is 6.92 Å². The number of thiophene rings is 1. The van der Waals surface area contributed by atoms with E-state index in [-0.39, 0.29) is 5.56 Å². The summed E-state index contributed by atoms with van der Waals surface area (Å²) in [6, 6.07) is 3.32. The first kappa shape index (κ1) is 15.8. The van der Waals surface area contributed by atoms with Crippen molar-refractivity contribution in [1.82, 2.24) is 5.32 Å². The molecule has 1 unspecified atom stereocenters. The zero-order chi connectivity index (χ0) is 14.9. The summed E-state index contributed by atoms with van der Waals surface area (Å²) in [6.07, 6.45) is 0. The molecule has 1 atom stereocenters. The summed E-state index contributed by atoms with van der Waals surface area (Å²) in [5, 5.41) is 3.05. The summed E-state index contributed by atoms with van der Waals surface area (Å²) in [5.74, 6) is -3.85. The standard InChI is InChI=1S/C13H10BrClF3NS/c1-2-19-12(9-5-7(14)13(15)20-9)6-3-4-8(16)11(18)10(6)17/h3-5,12,19H,2H2,1H3. The van der Waals surface area contributed by atoms with Crippen molar-refractivity contribution < 1.29 is 13.2 Å². The number of nitrogens with one attached hydrogen (secondary N) is 1. The molecule has 0 aliphatic rings. The smallest absolute Gasteiger partial charge is 0.194 e. The maximum Gasteiger partial charge on any atom is 0.194 e. The second-order valence-electron chi connectivity index (χ2n) is 4.03. The normalized spacial score (nSPS) is 12.7. The van der Waals surface area contributed by atoms with Gasteiger partial charge in [0.1, 0.15) is 4.34 Å². The first-order valence-electron chi connectivity index (χ1n) is 5.77. The number of halogens is 5. The Morgan fingerprint density at radius 3 is 2.55 bits per heavy atom. The predicted octanol–water partition coefficient (Wildman–Crippen LogP) is 5.28. The summed E-state index contributed by atoms with van der Waals surface area (Å²) in [7, 11) is 0. The van der Waals surface area contributed by atoms with Crippen LogP contribution in [0.15, 0.2) is 22.7 Å². The number of rotatable bonds is 4. The molecule has 0 saturated carbocycles. The fourth-order valence-electron chi connectivity index (χ4n) is 1.84. The zero-order valence-electron chi connectivity index (χ0n) is 10.3. The molecule has 0 bridgehead atoms. The highest BCUT2D eigenvalue weighted by Gasteiger charge is 2.23. The van der Waals surface area contributed by atoms with E-state index in [0.29, 0.717) is 20.2 Å². The molecule has 1 nitrogen and oxygen atoms in total. The van der Waals surface area contributed by atoms with E-state index in [9.17, 15) is 13.2 Å². The summed E-state index contributed by atoms with van der Waals surface area (Å²) < 4.78 is 41.5. The van der Waals surface area contributed by atoms with Gasteiger partial charge in [-0.25, -0.2) is 13.2 Å². The molecule has 0 amide bonds. The van der Waals surface area contributed by atoms with Crippen molar-refractivity contribution in [2.24, 2.45) is 0 Å². The predicted molar refractivity (Wildman–Crippen MR) is 78.9 cm³/mol. The first-order valence-corrected chi connectivity index (χ1v) is 7.76. The van der Waals surface area contributed by atoms with Gasteiger partial charge >= 0.3 is 0 Å². The topological polar surface area (TPSA) is 12.0 Å². The highest BCUT2D eigenvalue weighted by molar-refractivity contribution is 9.10. The van der Waals surface area contributed by atoms with E-state index in [0.717, 1.165) is 6.07 Å². The summed E-state index contributed by atoms with van der Waals surface area (Å²) in [4.78, 5) is 0.716. The van der Waals surface area contributed by atoms with Crippen LogP contribution in [0.4, 0.5) is 13.2 Å². The maximum atomic E-state index is 13.9. The third-order valence-corrected chi connectivity index (χ3v) is 5.27. The van der Waals surface area contributed by atoms with Crippen molar-refractivity contribution in [3.05, 3.63) is 54.9 Å². The van der Waals surface area contributed by atoms with Crippen LogP contribution in [0.2, 0.25) is 4.34 Å². The fourth-order valence-corrected chi connectivity index (χ4v) is 3.67. The van der Waals surface area contributed by atoms with Gasteiger partial charge in [0.2, 0.25) is 0 Å². The molecular formula is C13H10BrClF3NS. The van der Waals surface area contributed by atoms with E-state index in [1.54, 1.807) is 6.07 Å². The number of benzene rings is 1. The Morgan fingerprint density at radius 1 is 1.30 bits per heavy atom. The van der Waals surface area contributed by atoms with Gasteiger partial charge in [-0.1, -0.05) is 24.6 Å². The van der Waals surface area contributed by atoms with Crippen LogP contribution in [0.1, 0.15) is 23.4 Å². The Hall–Kier alpha value is -0.560. The second-order valence-corrected chi connectivity index (χ2v) is 6.57. The van der Waals surface area contributed by atoms with Gasteiger partial charge in [-0.05, 0) is 34.6 Å². The van der Waals surface area contributed by atoms with Crippen LogP contribution in [-0.2, 0) is 0 Å². The van der Waals surface area contributed by atoms with Gasteiger partial charge in [-0.2, -0.15) is 0 Å². The SMILES string of the molecule is CCNC(c1cc(Br)c(Cl)s1)c1ccc(F)c(F)c1F. The zero-order valence-corrected chi connectivity index (χ0v) is 13.5. The Morgan fingerprint density at radius 2 is 2.00 bits per heavy atom. The molecule has 2 rings (SSSR count). The molecule has 108 valence electrons. The van der Waals surface area contributed by atoms with Crippen molar-refractivity contribution in [1.29, 1.82) is 0 Å². The molecule has 2 aromatic rings. The molecule has 20 heavy (non-hydrogen) atoms. The van der Waals surface area contributed by atoms with Crippen LogP contribution in [0.3, 0.4) is 0 Å². The van der Waals surface area contributed by atoms with Crippen LogP contribution in [0, 0.1) is 17.5 Å². The maximum absolute atomic E-state index is 13.9. The van der Waals surface area contributed by atoms with Gasteiger partial charge in [-0.3, -0.25) is 0 Å². The van der Waals surface area contributed by atoms with E-state index in [1.165, 1.54) is 17.4 Å². The van der Waals surface area contributed by atoms with Crippen molar-refractivity contribution in [3.63, 3.8) is 0 Å². The molecular weight excluding hydrogens is 375 g/mol. The van der Waals surface area contributed by atoms with Crippen molar-refractivity contribution in [2.75, 3.05) is 6.54 Å². The minimum absolute atomic E-state index is 0.0520. The average Bonchev–Trinajstić information content (AvgIpc) is 2.74. The Balaban J connectivity index is 2.51. The third-order valence-electron chi connectivity index (χ3n) is 2.73. The van der Waals surface area contributed by atoms with Crippen LogP contribution in [0.5, 0.6) is 0 Å². The summed E-state index contributed by atoms with van der Waals surface area (Å²) in [5.41, 5.74) is 0.0520. The Labute approximate surface area is 131 Å². The summed E-state index contributed by atoms with van der Waals surface area (Å²) in [6.45, 7) is 2.38. The van der Waals surface area contributed by atoms with Crippen LogP contribution in [-0.4, -0.2) is 6.54 Å². The minimum Gasteiger partial charge on any atom is -0.306 e. The highest BCUT2D eigenvalue weighted by atomic mass is 79.9. The Bertz CT molecular complexity index is 613. The second kappa shape index (κ2) is 6.47. The molecule has 1 aromatic heterocycles. The molecule has 7 heteroatoms. The minimum atomic E-state index is -1.47. The third kappa shape index (κ3) is 3.03. The molecule has 0 radical (unpaired) electrons. The van der Waals surface area contributed by atoms with Gasteiger partial charge in [0.05, 0.1) is 6.04 Å². The lowest BCUT2D eigenvalue weighted by atomic mass is 10.0. The number of hydrogen-bond donors (Lipinski definition) is 1. The Kier molecular flexibility index (Phi) is 5.12. The van der Waals surface area contributed by atoms with Gasteiger partial charge < -0.3 is 5.32 Å². The van der Waals surface area contributed by atoms with E-state index < -0.39 is 23.5 Å². The number of hydrogen-bond acceptors (Lipinski definition) is 2. The largest absolute Gasteiger partial charge is 0.306 e. The van der Waals surface area contributed by atoms with Gasteiger partial charge in [0, 0.05) is 14.9 Å². The van der Waals surface area contributed by atoms with E-state index in [4.69, 9.17) is 11.6 Å². The molecule has 1 aromatic carbocycles. The molecule has 1 N–H and O–H groups in total. The molecule has 0 spiro atoms. The van der Waals surface area contributed by atoms with Crippen molar-refractivity contribution in [2.45, 2.75) is 13.0 Å².